The Labute approximate surface area is 232 Å². The Balaban J connectivity index is 0.000000386. The van der Waals surface area contributed by atoms with E-state index in [9.17, 15) is 9.59 Å². The Hall–Kier alpha value is -3.69. The second-order valence-corrected chi connectivity index (χ2v) is 10.5. The Bertz CT molecular complexity index is 1360. The zero-order valence-electron chi connectivity index (χ0n) is 22.0. The van der Waals surface area contributed by atoms with Gasteiger partial charge in [-0.3, -0.25) is 4.98 Å². The van der Waals surface area contributed by atoms with Gasteiger partial charge in [0.1, 0.15) is 0 Å². The number of amidine groups is 1. The van der Waals surface area contributed by atoms with Crippen molar-refractivity contribution in [1.82, 2.24) is 9.88 Å². The Morgan fingerprint density at radius 2 is 1.87 bits per heavy atom. The second kappa shape index (κ2) is 13.9. The number of carboxylic acid groups (broad SMARTS) is 2. The molecule has 1 atom stereocenters. The normalized spacial score (nSPS) is 17.4. The smallest absolute Gasteiger partial charge is 0.328 e. The minimum Gasteiger partial charge on any atom is -0.478 e. The summed E-state index contributed by atoms with van der Waals surface area (Å²) in [6, 6.07) is 18.0. The van der Waals surface area contributed by atoms with Gasteiger partial charge in [0.15, 0.2) is 5.17 Å². The zero-order valence-corrected chi connectivity index (χ0v) is 22.8. The molecule has 0 aliphatic carbocycles. The van der Waals surface area contributed by atoms with Crippen LogP contribution in [0.3, 0.4) is 0 Å². The van der Waals surface area contributed by atoms with Crippen molar-refractivity contribution in [3.05, 3.63) is 83.7 Å². The number of aliphatic carboxylic acids is 2. The summed E-state index contributed by atoms with van der Waals surface area (Å²) in [5, 5.41) is 19.1. The predicted molar refractivity (Wildman–Crippen MR) is 154 cm³/mol. The van der Waals surface area contributed by atoms with Crippen LogP contribution in [0.1, 0.15) is 43.0 Å². The third-order valence-electron chi connectivity index (χ3n) is 6.53. The number of hydrogen-bond donors (Lipinski definition) is 2. The number of aromatic nitrogens is 1. The lowest BCUT2D eigenvalue weighted by Crippen LogP contribution is -2.46. The average molecular weight is 548 g/mol. The number of carboxylic acids is 2. The number of hydrogen-bond acceptors (Lipinski definition) is 6. The van der Waals surface area contributed by atoms with E-state index in [1.807, 2.05) is 18.0 Å². The first-order chi connectivity index (χ1) is 18.9. The van der Waals surface area contributed by atoms with Crippen LogP contribution in [-0.4, -0.2) is 55.6 Å². The van der Waals surface area contributed by atoms with Gasteiger partial charge in [-0.15, -0.1) is 0 Å². The number of aliphatic imine (C=N–C) groups is 1. The average Bonchev–Trinajstić information content (AvgIpc) is 2.93. The topological polar surface area (TPSA) is 112 Å². The standard InChI is InChI=1S/C26H29N3OS.C4H4O4/c1-2-3-11-30-18-24-14-22-13-23(9-8-20(22)16-27-24)28-26-29-17-21-7-5-4-6-19(21)15-25(29)10-12-31-26;5-3(6)1-2-4(7)8/h4-9,13-14,16,25H,2-3,10-12,15,17-18H2,1H3;1-2H,(H,5,6)(H,7,8)/b;2-1+. The van der Waals surface area contributed by atoms with E-state index in [1.165, 1.54) is 22.9 Å². The van der Waals surface area contributed by atoms with Crippen molar-refractivity contribution in [3.8, 4) is 0 Å². The van der Waals surface area contributed by atoms with E-state index in [0.29, 0.717) is 24.8 Å². The van der Waals surface area contributed by atoms with E-state index in [0.717, 1.165) is 60.1 Å². The number of fused-ring (bicyclic) bond motifs is 3. The van der Waals surface area contributed by atoms with Crippen molar-refractivity contribution < 1.29 is 24.5 Å². The molecule has 3 aromatic rings. The number of pyridine rings is 1. The van der Waals surface area contributed by atoms with Crippen LogP contribution in [0.2, 0.25) is 0 Å². The molecule has 2 aromatic carbocycles. The molecule has 8 nitrogen and oxygen atoms in total. The zero-order chi connectivity index (χ0) is 27.6. The first-order valence-corrected chi connectivity index (χ1v) is 14.1. The monoisotopic (exact) mass is 547 g/mol. The summed E-state index contributed by atoms with van der Waals surface area (Å²) in [7, 11) is 0. The van der Waals surface area contributed by atoms with Crippen molar-refractivity contribution in [3.63, 3.8) is 0 Å². The van der Waals surface area contributed by atoms with Crippen LogP contribution in [0.5, 0.6) is 0 Å². The maximum absolute atomic E-state index is 9.55. The van der Waals surface area contributed by atoms with Gasteiger partial charge >= 0.3 is 11.9 Å². The van der Waals surface area contributed by atoms with E-state index >= 15 is 0 Å². The number of unbranched alkanes of at least 4 members (excludes halogenated alkanes) is 1. The van der Waals surface area contributed by atoms with E-state index in [4.69, 9.17) is 19.9 Å². The molecule has 0 spiro atoms. The van der Waals surface area contributed by atoms with Crippen molar-refractivity contribution in [2.75, 3.05) is 12.4 Å². The van der Waals surface area contributed by atoms with Crippen LogP contribution in [-0.2, 0) is 33.9 Å². The molecule has 2 aliphatic heterocycles. The molecule has 1 unspecified atom stereocenters. The lowest BCUT2D eigenvalue weighted by atomic mass is 9.93. The predicted octanol–water partition coefficient (Wildman–Crippen LogP) is 5.81. The fourth-order valence-corrected chi connectivity index (χ4v) is 5.66. The SMILES string of the molecule is CCCCOCc1cc2cc(N=C3SCCC4Cc5ccccc5CN34)ccc2cn1.O=C(O)/C=C/C(=O)O. The van der Waals surface area contributed by atoms with Gasteiger partial charge < -0.3 is 19.8 Å². The molecule has 0 radical (unpaired) electrons. The van der Waals surface area contributed by atoms with Crippen LogP contribution in [0.25, 0.3) is 10.8 Å². The summed E-state index contributed by atoms with van der Waals surface area (Å²) >= 11 is 1.89. The first-order valence-electron chi connectivity index (χ1n) is 13.1. The van der Waals surface area contributed by atoms with Crippen LogP contribution < -0.4 is 0 Å². The first kappa shape index (κ1) is 28.3. The summed E-state index contributed by atoms with van der Waals surface area (Å²) in [5.74, 6) is -1.38. The summed E-state index contributed by atoms with van der Waals surface area (Å²) in [6.07, 6.45) is 7.65. The number of carbonyl (C=O) groups is 2. The summed E-state index contributed by atoms with van der Waals surface area (Å²) in [5.41, 5.74) is 4.93. The highest BCUT2D eigenvalue weighted by molar-refractivity contribution is 8.13. The van der Waals surface area contributed by atoms with Gasteiger partial charge in [-0.1, -0.05) is 55.4 Å². The molecule has 3 heterocycles. The number of ether oxygens (including phenoxy) is 1. The lowest BCUT2D eigenvalue weighted by Gasteiger charge is -2.41. The molecular formula is C30H33N3O5S. The molecule has 2 N–H and O–H groups in total. The van der Waals surface area contributed by atoms with Gasteiger partial charge in [0.2, 0.25) is 0 Å². The molecule has 1 saturated heterocycles. The molecule has 39 heavy (non-hydrogen) atoms. The minimum absolute atomic E-state index is 0.558. The second-order valence-electron chi connectivity index (χ2n) is 9.41. The Kier molecular flexibility index (Phi) is 10.1. The molecule has 0 amide bonds. The van der Waals surface area contributed by atoms with Crippen LogP contribution in [0, 0.1) is 0 Å². The molecular weight excluding hydrogens is 514 g/mol. The van der Waals surface area contributed by atoms with Gasteiger partial charge in [-0.2, -0.15) is 0 Å². The highest BCUT2D eigenvalue weighted by Crippen LogP contribution is 2.34. The van der Waals surface area contributed by atoms with Crippen molar-refractivity contribution >= 4 is 45.3 Å². The fraction of sp³-hybridized carbons (Fsp3) is 0.333. The van der Waals surface area contributed by atoms with Crippen LogP contribution in [0.4, 0.5) is 5.69 Å². The lowest BCUT2D eigenvalue weighted by molar-refractivity contribution is -0.134. The number of nitrogens with zero attached hydrogens (tertiary/aromatic N) is 3. The van der Waals surface area contributed by atoms with Gasteiger partial charge in [-0.25, -0.2) is 14.6 Å². The van der Waals surface area contributed by atoms with Crippen molar-refractivity contribution in [1.29, 1.82) is 0 Å². The molecule has 204 valence electrons. The van der Waals surface area contributed by atoms with Gasteiger partial charge in [0, 0.05) is 48.7 Å². The number of thioether (sulfide) groups is 1. The molecule has 1 aromatic heterocycles. The highest BCUT2D eigenvalue weighted by atomic mass is 32.2. The van der Waals surface area contributed by atoms with E-state index < -0.39 is 11.9 Å². The highest BCUT2D eigenvalue weighted by Gasteiger charge is 2.31. The van der Waals surface area contributed by atoms with Gasteiger partial charge in [0.25, 0.3) is 0 Å². The molecule has 0 saturated carbocycles. The third-order valence-corrected chi connectivity index (χ3v) is 7.55. The summed E-state index contributed by atoms with van der Waals surface area (Å²) in [4.78, 5) is 31.3. The van der Waals surface area contributed by atoms with E-state index in [-0.39, 0.29) is 0 Å². The van der Waals surface area contributed by atoms with Crippen LogP contribution in [0.15, 0.2) is 71.9 Å². The molecule has 9 heteroatoms. The van der Waals surface area contributed by atoms with E-state index in [1.54, 1.807) is 0 Å². The van der Waals surface area contributed by atoms with Crippen molar-refractivity contribution in [2.45, 2.75) is 51.8 Å². The summed E-state index contributed by atoms with van der Waals surface area (Å²) < 4.78 is 5.75. The molecule has 5 rings (SSSR count). The van der Waals surface area contributed by atoms with Gasteiger partial charge in [-0.05, 0) is 54.0 Å². The molecule has 1 fully saturated rings. The fourth-order valence-electron chi connectivity index (χ4n) is 4.53. The Morgan fingerprint density at radius 3 is 2.62 bits per heavy atom. The molecule has 0 bridgehead atoms. The number of rotatable bonds is 8. The number of benzene rings is 2. The largest absolute Gasteiger partial charge is 0.478 e. The van der Waals surface area contributed by atoms with Crippen LogP contribution >= 0.6 is 11.8 Å². The minimum atomic E-state index is -1.26. The maximum atomic E-state index is 9.55. The quantitative estimate of drug-likeness (QED) is 0.268. The molecule has 2 aliphatic rings. The third kappa shape index (κ3) is 8.15. The van der Waals surface area contributed by atoms with Crippen molar-refractivity contribution in [2.24, 2.45) is 4.99 Å². The maximum Gasteiger partial charge on any atom is 0.328 e. The summed E-state index contributed by atoms with van der Waals surface area (Å²) in [6.45, 7) is 4.50. The van der Waals surface area contributed by atoms with Gasteiger partial charge in [0.05, 0.1) is 18.0 Å². The Morgan fingerprint density at radius 1 is 1.10 bits per heavy atom. The van der Waals surface area contributed by atoms with E-state index in [2.05, 4.69) is 65.3 Å².